The normalized spacial score (nSPS) is 11.7. The second-order valence-electron chi connectivity index (χ2n) is 5.95. The average Bonchev–Trinajstić information content (AvgIpc) is 2.85. The number of rotatable bonds is 3. The number of hydrogen-bond acceptors (Lipinski definition) is 4. The highest BCUT2D eigenvalue weighted by molar-refractivity contribution is 5.66. The third-order valence-electron chi connectivity index (χ3n) is 3.36. The van der Waals surface area contributed by atoms with E-state index in [4.69, 9.17) is 14.9 Å². The lowest BCUT2D eigenvalue weighted by Crippen LogP contribution is -2.13. The van der Waals surface area contributed by atoms with Crippen molar-refractivity contribution < 1.29 is 9.15 Å². The van der Waals surface area contributed by atoms with Gasteiger partial charge in [-0.05, 0) is 30.0 Å². The largest absolute Gasteiger partial charge is 0.496 e. The highest BCUT2D eigenvalue weighted by Gasteiger charge is 2.21. The van der Waals surface area contributed by atoms with Crippen LogP contribution in [0, 0.1) is 6.92 Å². The van der Waals surface area contributed by atoms with E-state index >= 15 is 0 Å². The molecule has 0 saturated carbocycles. The summed E-state index contributed by atoms with van der Waals surface area (Å²) < 4.78 is 10.8. The maximum absolute atomic E-state index is 5.55. The smallest absolute Gasteiger partial charge is 0.208 e. The van der Waals surface area contributed by atoms with Crippen LogP contribution in [0.2, 0.25) is 0 Å². The minimum Gasteiger partial charge on any atom is -0.496 e. The first-order valence-corrected chi connectivity index (χ1v) is 6.70. The molecule has 1 aromatic heterocycles. The summed E-state index contributed by atoms with van der Waals surface area (Å²) in [6, 6.07) is 4.18. The van der Waals surface area contributed by atoms with Crippen LogP contribution in [0.25, 0.3) is 11.3 Å². The van der Waals surface area contributed by atoms with Gasteiger partial charge >= 0.3 is 0 Å². The Labute approximate surface area is 120 Å². The van der Waals surface area contributed by atoms with E-state index in [1.807, 2.05) is 13.0 Å². The summed E-state index contributed by atoms with van der Waals surface area (Å²) in [5, 5.41) is 0. The zero-order chi connectivity index (χ0) is 14.9. The molecule has 4 heteroatoms. The number of hydrogen-bond donors (Lipinski definition) is 1. The summed E-state index contributed by atoms with van der Waals surface area (Å²) in [6.07, 6.45) is 1.66. The van der Waals surface area contributed by atoms with Gasteiger partial charge in [-0.3, -0.25) is 0 Å². The Kier molecular flexibility index (Phi) is 3.86. The van der Waals surface area contributed by atoms with Crippen LogP contribution in [0.15, 0.2) is 22.8 Å². The number of aromatic nitrogens is 1. The Morgan fingerprint density at radius 3 is 2.50 bits per heavy atom. The third-order valence-corrected chi connectivity index (χ3v) is 3.36. The predicted octanol–water partition coefficient (Wildman–Crippen LogP) is 3.41. The van der Waals surface area contributed by atoms with Crippen LogP contribution in [-0.2, 0) is 12.0 Å². The number of benzene rings is 1. The number of nitrogens with two attached hydrogens (primary N) is 1. The van der Waals surface area contributed by atoms with Gasteiger partial charge in [0.05, 0.1) is 13.7 Å². The van der Waals surface area contributed by atoms with Gasteiger partial charge < -0.3 is 14.9 Å². The summed E-state index contributed by atoms with van der Waals surface area (Å²) >= 11 is 0. The molecule has 0 atom stereocenters. The molecule has 0 unspecified atom stereocenters. The summed E-state index contributed by atoms with van der Waals surface area (Å²) in [6.45, 7) is 8.84. The molecule has 2 rings (SSSR count). The highest BCUT2D eigenvalue weighted by Crippen LogP contribution is 2.36. The van der Waals surface area contributed by atoms with E-state index in [0.29, 0.717) is 12.4 Å². The molecule has 1 aromatic carbocycles. The Bertz CT molecular complexity index is 609. The molecule has 0 spiro atoms. The lowest BCUT2D eigenvalue weighted by Gasteiger charge is -2.23. The molecule has 0 amide bonds. The summed E-state index contributed by atoms with van der Waals surface area (Å²) in [5.41, 5.74) is 9.67. The van der Waals surface area contributed by atoms with Gasteiger partial charge in [-0.2, -0.15) is 0 Å². The van der Waals surface area contributed by atoms with E-state index in [0.717, 1.165) is 28.1 Å². The molecular weight excluding hydrogens is 252 g/mol. The molecule has 0 fully saturated rings. The van der Waals surface area contributed by atoms with Crippen molar-refractivity contribution in [3.63, 3.8) is 0 Å². The van der Waals surface area contributed by atoms with Crippen LogP contribution in [0.3, 0.4) is 0 Å². The molecule has 0 aliphatic rings. The molecule has 0 radical (unpaired) electrons. The second-order valence-corrected chi connectivity index (χ2v) is 5.95. The van der Waals surface area contributed by atoms with Gasteiger partial charge in [-0.15, -0.1) is 0 Å². The van der Waals surface area contributed by atoms with Gasteiger partial charge in [0, 0.05) is 11.1 Å². The Balaban J connectivity index is 2.59. The van der Waals surface area contributed by atoms with Crippen LogP contribution >= 0.6 is 0 Å². The molecule has 0 aliphatic carbocycles. The van der Waals surface area contributed by atoms with Crippen LogP contribution in [0.5, 0.6) is 5.75 Å². The molecule has 0 aliphatic heterocycles. The van der Waals surface area contributed by atoms with Gasteiger partial charge in [0.1, 0.15) is 17.7 Å². The lowest BCUT2D eigenvalue weighted by molar-refractivity contribution is 0.397. The van der Waals surface area contributed by atoms with E-state index in [1.54, 1.807) is 13.4 Å². The van der Waals surface area contributed by atoms with Crippen molar-refractivity contribution in [1.82, 2.24) is 4.98 Å². The zero-order valence-corrected chi connectivity index (χ0v) is 12.8. The molecule has 2 N–H and O–H groups in total. The minimum atomic E-state index is -0.00573. The van der Waals surface area contributed by atoms with Gasteiger partial charge in [0.2, 0.25) is 5.89 Å². The summed E-state index contributed by atoms with van der Waals surface area (Å²) in [4.78, 5) is 4.41. The fraction of sp³-hybridized carbons (Fsp3) is 0.438. The van der Waals surface area contributed by atoms with Crippen molar-refractivity contribution in [2.24, 2.45) is 5.73 Å². The minimum absolute atomic E-state index is 0.00573. The number of nitrogens with zero attached hydrogens (tertiary/aromatic N) is 1. The van der Waals surface area contributed by atoms with Crippen molar-refractivity contribution in [2.75, 3.05) is 7.11 Å². The topological polar surface area (TPSA) is 61.3 Å². The first kappa shape index (κ1) is 14.6. The van der Waals surface area contributed by atoms with Crippen LogP contribution in [0.1, 0.15) is 37.8 Å². The van der Waals surface area contributed by atoms with Gasteiger partial charge in [-0.25, -0.2) is 4.98 Å². The van der Waals surface area contributed by atoms with Crippen LogP contribution in [0.4, 0.5) is 0 Å². The quantitative estimate of drug-likeness (QED) is 0.931. The van der Waals surface area contributed by atoms with Crippen LogP contribution in [-0.4, -0.2) is 12.1 Å². The molecule has 20 heavy (non-hydrogen) atoms. The Hall–Kier alpha value is -1.81. The second kappa shape index (κ2) is 5.29. The van der Waals surface area contributed by atoms with Crippen molar-refractivity contribution in [3.8, 4) is 17.0 Å². The van der Waals surface area contributed by atoms with E-state index in [9.17, 15) is 0 Å². The molecule has 0 saturated heterocycles. The zero-order valence-electron chi connectivity index (χ0n) is 12.8. The monoisotopic (exact) mass is 274 g/mol. The van der Waals surface area contributed by atoms with E-state index in [-0.39, 0.29) is 5.41 Å². The van der Waals surface area contributed by atoms with Crippen molar-refractivity contribution in [2.45, 2.75) is 39.7 Å². The Morgan fingerprint density at radius 1 is 1.30 bits per heavy atom. The number of oxazole rings is 1. The number of ether oxygens (including phenoxy) is 1. The van der Waals surface area contributed by atoms with Crippen molar-refractivity contribution in [3.05, 3.63) is 35.4 Å². The Morgan fingerprint density at radius 2 is 2.00 bits per heavy atom. The summed E-state index contributed by atoms with van der Waals surface area (Å²) in [5.74, 6) is 1.45. The maximum atomic E-state index is 5.55. The third kappa shape index (κ3) is 2.70. The molecule has 4 nitrogen and oxygen atoms in total. The van der Waals surface area contributed by atoms with Crippen molar-refractivity contribution in [1.29, 1.82) is 0 Å². The molecule has 108 valence electrons. The van der Waals surface area contributed by atoms with E-state index < -0.39 is 0 Å². The molecule has 1 heterocycles. The summed E-state index contributed by atoms with van der Waals surface area (Å²) in [7, 11) is 1.70. The highest BCUT2D eigenvalue weighted by atomic mass is 16.5. The van der Waals surface area contributed by atoms with Gasteiger partial charge in [-0.1, -0.05) is 20.8 Å². The van der Waals surface area contributed by atoms with Gasteiger partial charge in [0.25, 0.3) is 0 Å². The van der Waals surface area contributed by atoms with E-state index in [1.165, 1.54) is 0 Å². The van der Waals surface area contributed by atoms with Crippen LogP contribution < -0.4 is 10.5 Å². The fourth-order valence-corrected chi connectivity index (χ4v) is 2.24. The fourth-order valence-electron chi connectivity index (χ4n) is 2.24. The van der Waals surface area contributed by atoms with Crippen molar-refractivity contribution >= 4 is 0 Å². The maximum Gasteiger partial charge on any atom is 0.208 e. The number of methoxy groups -OCH3 is 1. The SMILES string of the molecule is COc1cc(C)c(-c2coc(CN)n2)cc1C(C)(C)C. The predicted molar refractivity (Wildman–Crippen MR) is 79.8 cm³/mol. The van der Waals surface area contributed by atoms with Gasteiger partial charge in [0.15, 0.2) is 0 Å². The molecule has 0 bridgehead atoms. The first-order chi connectivity index (χ1) is 9.36. The molecular formula is C16H22N2O2. The first-order valence-electron chi connectivity index (χ1n) is 6.70. The standard InChI is InChI=1S/C16H22N2O2/c1-10-6-14(19-5)12(16(2,3)4)7-11(10)13-9-20-15(8-17)18-13/h6-7,9H,8,17H2,1-5H3. The average molecular weight is 274 g/mol. The molecule has 2 aromatic rings. The number of aryl methyl sites for hydroxylation is 1. The van der Waals surface area contributed by atoms with E-state index in [2.05, 4.69) is 31.8 Å². The lowest BCUT2D eigenvalue weighted by atomic mass is 9.84.